The quantitative estimate of drug-likeness (QED) is 0.254. The molecule has 0 aliphatic heterocycles. The number of nitro benzene ring substituents is 1. The summed E-state index contributed by atoms with van der Waals surface area (Å²) in [5.74, 6) is 0.239. The number of nitrogens with zero attached hydrogens (tertiary/aromatic N) is 2. The molecular formula is C21H24N3O6P. The van der Waals surface area contributed by atoms with Gasteiger partial charge >= 0.3 is 7.60 Å². The van der Waals surface area contributed by atoms with Gasteiger partial charge in [-0.15, -0.1) is 0 Å². The van der Waals surface area contributed by atoms with Crippen molar-refractivity contribution in [3.05, 3.63) is 70.3 Å². The normalized spacial score (nSPS) is 11.4. The molecule has 0 radical (unpaired) electrons. The Morgan fingerprint density at radius 1 is 1.10 bits per heavy atom. The van der Waals surface area contributed by atoms with Gasteiger partial charge in [-0.3, -0.25) is 14.7 Å². The Hall–Kier alpha value is -3.00. The number of nitro groups is 1. The SMILES string of the molecule is CCOP(=O)(OCC)c1nc(-c2cccc([N+](=O)[O-])c2)oc1NCCc1ccccc1. The fourth-order valence-corrected chi connectivity index (χ4v) is 4.54. The summed E-state index contributed by atoms with van der Waals surface area (Å²) in [5.41, 5.74) is 1.42. The average Bonchev–Trinajstić information content (AvgIpc) is 3.20. The summed E-state index contributed by atoms with van der Waals surface area (Å²) in [4.78, 5) is 15.0. The monoisotopic (exact) mass is 445 g/mol. The van der Waals surface area contributed by atoms with E-state index in [2.05, 4.69) is 10.3 Å². The molecule has 0 amide bonds. The number of non-ortho nitro benzene ring substituents is 1. The van der Waals surface area contributed by atoms with E-state index >= 15 is 0 Å². The Balaban J connectivity index is 1.95. The molecule has 0 saturated carbocycles. The van der Waals surface area contributed by atoms with Crippen LogP contribution in [0.5, 0.6) is 0 Å². The summed E-state index contributed by atoms with van der Waals surface area (Å²) in [6.07, 6.45) is 0.695. The summed E-state index contributed by atoms with van der Waals surface area (Å²) in [5, 5.41) is 14.2. The van der Waals surface area contributed by atoms with Crippen LogP contribution in [0, 0.1) is 10.1 Å². The summed E-state index contributed by atoms with van der Waals surface area (Å²) in [6, 6.07) is 15.7. The van der Waals surface area contributed by atoms with Crippen molar-refractivity contribution in [3.63, 3.8) is 0 Å². The van der Waals surface area contributed by atoms with Gasteiger partial charge in [-0.25, -0.2) is 0 Å². The highest BCUT2D eigenvalue weighted by Gasteiger charge is 2.36. The first-order valence-electron chi connectivity index (χ1n) is 9.90. The highest BCUT2D eigenvalue weighted by Crippen LogP contribution is 2.49. The van der Waals surface area contributed by atoms with Gasteiger partial charge in [0.05, 0.1) is 18.1 Å². The molecule has 0 atom stereocenters. The topological polar surface area (TPSA) is 117 Å². The minimum atomic E-state index is -3.75. The second kappa shape index (κ2) is 10.3. The molecule has 3 rings (SSSR count). The van der Waals surface area contributed by atoms with Gasteiger partial charge < -0.3 is 18.8 Å². The second-order valence-corrected chi connectivity index (χ2v) is 8.41. The summed E-state index contributed by atoms with van der Waals surface area (Å²) >= 11 is 0. The van der Waals surface area contributed by atoms with Crippen LogP contribution < -0.4 is 10.8 Å². The maximum absolute atomic E-state index is 13.4. The van der Waals surface area contributed by atoms with Crippen molar-refractivity contribution in [3.8, 4) is 11.5 Å². The van der Waals surface area contributed by atoms with Gasteiger partial charge in [0.25, 0.3) is 5.69 Å². The van der Waals surface area contributed by atoms with Crippen LogP contribution in [0.4, 0.5) is 11.6 Å². The molecule has 10 heteroatoms. The van der Waals surface area contributed by atoms with Crippen molar-refractivity contribution in [1.29, 1.82) is 0 Å². The molecule has 0 aliphatic carbocycles. The summed E-state index contributed by atoms with van der Waals surface area (Å²) in [6.45, 7) is 4.20. The van der Waals surface area contributed by atoms with E-state index in [9.17, 15) is 14.7 Å². The van der Waals surface area contributed by atoms with Crippen LogP contribution in [-0.4, -0.2) is 29.7 Å². The molecule has 9 nitrogen and oxygen atoms in total. The van der Waals surface area contributed by atoms with Crippen LogP contribution in [0.2, 0.25) is 0 Å². The van der Waals surface area contributed by atoms with E-state index < -0.39 is 12.5 Å². The largest absolute Gasteiger partial charge is 0.420 e. The molecule has 1 N–H and O–H groups in total. The average molecular weight is 445 g/mol. The zero-order valence-corrected chi connectivity index (χ0v) is 18.2. The van der Waals surface area contributed by atoms with Gasteiger partial charge in [-0.1, -0.05) is 36.4 Å². The minimum absolute atomic E-state index is 0.0192. The Labute approximate surface area is 180 Å². The Kier molecular flexibility index (Phi) is 7.57. The molecule has 164 valence electrons. The standard InChI is InChI=1S/C21H24N3O6P/c1-3-28-31(27,29-4-2)21-20(22-14-13-16-9-6-5-7-10-16)30-19(23-21)17-11-8-12-18(15-17)24(25)26/h5-12,15,22H,3-4,13-14H2,1-2H3. The van der Waals surface area contributed by atoms with Gasteiger partial charge in [0.2, 0.25) is 17.2 Å². The van der Waals surface area contributed by atoms with E-state index in [0.29, 0.717) is 18.5 Å². The van der Waals surface area contributed by atoms with Crippen molar-refractivity contribution in [2.75, 3.05) is 25.1 Å². The first-order valence-corrected chi connectivity index (χ1v) is 11.4. The molecule has 1 heterocycles. The van der Waals surface area contributed by atoms with E-state index in [1.54, 1.807) is 19.9 Å². The van der Waals surface area contributed by atoms with Crippen LogP contribution in [-0.2, 0) is 20.0 Å². The predicted octanol–water partition coefficient (Wildman–Crippen LogP) is 4.80. The number of rotatable bonds is 11. The van der Waals surface area contributed by atoms with Crippen molar-refractivity contribution in [2.45, 2.75) is 20.3 Å². The zero-order chi connectivity index (χ0) is 22.3. The van der Waals surface area contributed by atoms with E-state index in [1.807, 2.05) is 30.3 Å². The number of oxazole rings is 1. The zero-order valence-electron chi connectivity index (χ0n) is 17.3. The van der Waals surface area contributed by atoms with Gasteiger partial charge in [-0.05, 0) is 31.9 Å². The first-order chi connectivity index (χ1) is 15.0. The number of anilines is 1. The lowest BCUT2D eigenvalue weighted by Gasteiger charge is -2.15. The Bertz CT molecular complexity index is 1060. The predicted molar refractivity (Wildman–Crippen MR) is 118 cm³/mol. The summed E-state index contributed by atoms with van der Waals surface area (Å²) < 4.78 is 30.1. The molecular weight excluding hydrogens is 421 g/mol. The lowest BCUT2D eigenvalue weighted by molar-refractivity contribution is -0.384. The molecule has 0 saturated heterocycles. The number of hydrogen-bond acceptors (Lipinski definition) is 8. The van der Waals surface area contributed by atoms with Gasteiger partial charge in [-0.2, -0.15) is 4.98 Å². The molecule has 0 fully saturated rings. The van der Waals surface area contributed by atoms with Crippen LogP contribution in [0.1, 0.15) is 19.4 Å². The van der Waals surface area contributed by atoms with Gasteiger partial charge in [0.15, 0.2) is 0 Å². The maximum Gasteiger partial charge on any atom is 0.385 e. The second-order valence-electron chi connectivity index (χ2n) is 6.47. The molecule has 2 aromatic carbocycles. The number of nitrogens with one attached hydrogen (secondary N) is 1. The molecule has 0 aliphatic rings. The first kappa shape index (κ1) is 22.7. The lowest BCUT2D eigenvalue weighted by Crippen LogP contribution is -2.17. The van der Waals surface area contributed by atoms with Crippen LogP contribution in [0.15, 0.2) is 59.0 Å². The highest BCUT2D eigenvalue weighted by molar-refractivity contribution is 7.62. The minimum Gasteiger partial charge on any atom is -0.420 e. The molecule has 1 aromatic heterocycles. The van der Waals surface area contributed by atoms with E-state index in [4.69, 9.17) is 13.5 Å². The highest BCUT2D eigenvalue weighted by atomic mass is 31.2. The number of benzene rings is 2. The van der Waals surface area contributed by atoms with Crippen molar-refractivity contribution >= 4 is 24.6 Å². The van der Waals surface area contributed by atoms with E-state index in [-0.39, 0.29) is 36.1 Å². The summed E-state index contributed by atoms with van der Waals surface area (Å²) in [7, 11) is -3.75. The molecule has 31 heavy (non-hydrogen) atoms. The van der Waals surface area contributed by atoms with Gasteiger partial charge in [0.1, 0.15) is 0 Å². The van der Waals surface area contributed by atoms with E-state index in [0.717, 1.165) is 5.56 Å². The van der Waals surface area contributed by atoms with Gasteiger partial charge in [0, 0.05) is 24.2 Å². The van der Waals surface area contributed by atoms with E-state index in [1.165, 1.54) is 18.2 Å². The third kappa shape index (κ3) is 5.58. The maximum atomic E-state index is 13.4. The Morgan fingerprint density at radius 3 is 2.45 bits per heavy atom. The van der Waals surface area contributed by atoms with Crippen molar-refractivity contribution < 1.29 is 23.0 Å². The number of hydrogen-bond donors (Lipinski definition) is 1. The third-order valence-electron chi connectivity index (χ3n) is 4.31. The Morgan fingerprint density at radius 2 is 1.81 bits per heavy atom. The van der Waals surface area contributed by atoms with Crippen molar-refractivity contribution in [2.24, 2.45) is 0 Å². The third-order valence-corrected chi connectivity index (χ3v) is 6.33. The van der Waals surface area contributed by atoms with Crippen LogP contribution >= 0.6 is 7.60 Å². The van der Waals surface area contributed by atoms with Crippen LogP contribution in [0.25, 0.3) is 11.5 Å². The molecule has 3 aromatic rings. The smallest absolute Gasteiger partial charge is 0.385 e. The molecule has 0 bridgehead atoms. The lowest BCUT2D eigenvalue weighted by atomic mass is 10.1. The molecule has 0 unspecified atom stereocenters. The fourth-order valence-electron chi connectivity index (χ4n) is 2.95. The number of aromatic nitrogens is 1. The van der Waals surface area contributed by atoms with Crippen molar-refractivity contribution in [1.82, 2.24) is 4.98 Å². The van der Waals surface area contributed by atoms with Crippen LogP contribution in [0.3, 0.4) is 0 Å². The fraction of sp³-hybridized carbons (Fsp3) is 0.286. The molecule has 0 spiro atoms.